The van der Waals surface area contributed by atoms with Crippen LogP contribution in [0.4, 0.5) is 13.2 Å². The van der Waals surface area contributed by atoms with Crippen LogP contribution in [0.1, 0.15) is 31.2 Å². The molecule has 1 aromatic heterocycles. The molecule has 0 atom stereocenters. The van der Waals surface area contributed by atoms with Crippen LogP contribution in [0.3, 0.4) is 0 Å². The molecule has 2 aliphatic heterocycles. The fourth-order valence-corrected chi connectivity index (χ4v) is 3.09. The van der Waals surface area contributed by atoms with E-state index in [1.807, 2.05) is 0 Å². The third-order valence-electron chi connectivity index (χ3n) is 4.27. The predicted molar refractivity (Wildman–Crippen MR) is 73.4 cm³/mol. The molecule has 5 nitrogen and oxygen atoms in total. The molecule has 1 aromatic rings. The summed E-state index contributed by atoms with van der Waals surface area (Å²) in [5, 5.41) is 15.6. The van der Waals surface area contributed by atoms with Gasteiger partial charge in [-0.3, -0.25) is 4.90 Å². The number of rotatable bonds is 2. The highest BCUT2D eigenvalue weighted by atomic mass is 19.4. The largest absolute Gasteiger partial charge is 0.480 e. The molecule has 0 aliphatic carbocycles. The first-order valence-electron chi connectivity index (χ1n) is 7.21. The van der Waals surface area contributed by atoms with Crippen molar-refractivity contribution in [2.24, 2.45) is 0 Å². The van der Waals surface area contributed by atoms with Crippen LogP contribution in [0.5, 0.6) is 5.88 Å². The van der Waals surface area contributed by atoms with Crippen LogP contribution in [0.15, 0.2) is 12.3 Å². The van der Waals surface area contributed by atoms with E-state index in [1.165, 1.54) is 45.9 Å². The topological polar surface area (TPSA) is 58.5 Å². The average molecular weight is 319 g/mol. The van der Waals surface area contributed by atoms with E-state index in [0.29, 0.717) is 12.8 Å². The van der Waals surface area contributed by atoms with Gasteiger partial charge in [-0.15, -0.1) is 5.10 Å². The van der Waals surface area contributed by atoms with Crippen molar-refractivity contribution in [2.45, 2.75) is 37.4 Å². The van der Waals surface area contributed by atoms with Crippen LogP contribution in [-0.2, 0) is 6.18 Å². The molecule has 0 spiro atoms. The van der Waals surface area contributed by atoms with E-state index in [0.717, 1.165) is 6.07 Å². The van der Waals surface area contributed by atoms with Gasteiger partial charge in [0, 0.05) is 11.6 Å². The molecule has 0 amide bonds. The second-order valence-electron chi connectivity index (χ2n) is 5.56. The summed E-state index contributed by atoms with van der Waals surface area (Å²) >= 11 is 0. The maximum absolute atomic E-state index is 12.0. The van der Waals surface area contributed by atoms with E-state index in [4.69, 9.17) is 0 Å². The number of fused-ring (bicyclic) bond motifs is 1. The normalized spacial score (nSPS) is 20.2. The van der Waals surface area contributed by atoms with Crippen molar-refractivity contribution in [1.82, 2.24) is 15.1 Å². The van der Waals surface area contributed by atoms with Gasteiger partial charge in [-0.2, -0.15) is 18.3 Å². The second-order valence-corrected chi connectivity index (χ2v) is 5.56. The molecule has 2 aliphatic rings. The van der Waals surface area contributed by atoms with E-state index in [2.05, 4.69) is 19.8 Å². The van der Waals surface area contributed by atoms with Gasteiger partial charge in [0.05, 0.1) is 25.5 Å². The molecule has 0 unspecified atom stereocenters. The van der Waals surface area contributed by atoms with Gasteiger partial charge in [-0.05, 0) is 38.8 Å². The van der Waals surface area contributed by atoms with Crippen molar-refractivity contribution < 1.29 is 23.0 Å². The number of alkyl halides is 3. The Hall–Kier alpha value is -1.41. The second kappa shape index (κ2) is 6.78. The highest BCUT2D eigenvalue weighted by Crippen LogP contribution is 2.37. The Morgan fingerprint density at radius 2 is 1.95 bits per heavy atom. The first-order chi connectivity index (χ1) is 10.4. The summed E-state index contributed by atoms with van der Waals surface area (Å²) in [5.74, 6) is -0.148. The fraction of sp³-hybridized carbons (Fsp3) is 0.714. The highest BCUT2D eigenvalue weighted by molar-refractivity contribution is 5.19. The SMILES string of the molecule is COc1cc(C(F)(F)F)cnn1.OCC12CCCN1CCC2. The average Bonchev–Trinajstić information content (AvgIpc) is 3.07. The predicted octanol–water partition coefficient (Wildman–Crippen LogP) is 2.11. The first-order valence-corrected chi connectivity index (χ1v) is 7.21. The maximum Gasteiger partial charge on any atom is 0.418 e. The monoisotopic (exact) mass is 319 g/mol. The molecular weight excluding hydrogens is 299 g/mol. The number of halogens is 3. The lowest BCUT2D eigenvalue weighted by Crippen LogP contribution is -2.41. The zero-order chi connectivity index (χ0) is 16.2. The Kier molecular flexibility index (Phi) is 5.23. The van der Waals surface area contributed by atoms with Crippen molar-refractivity contribution >= 4 is 0 Å². The Morgan fingerprint density at radius 3 is 2.41 bits per heavy atom. The third-order valence-corrected chi connectivity index (χ3v) is 4.27. The van der Waals surface area contributed by atoms with E-state index < -0.39 is 11.7 Å². The number of hydrogen-bond acceptors (Lipinski definition) is 5. The number of nitrogens with zero attached hydrogens (tertiary/aromatic N) is 3. The van der Waals surface area contributed by atoms with E-state index in [9.17, 15) is 18.3 Å². The van der Waals surface area contributed by atoms with Gasteiger partial charge in [-0.25, -0.2) is 0 Å². The minimum Gasteiger partial charge on any atom is -0.480 e. The molecule has 2 saturated heterocycles. The van der Waals surface area contributed by atoms with Gasteiger partial charge in [0.2, 0.25) is 5.88 Å². The zero-order valence-electron chi connectivity index (χ0n) is 12.4. The number of methoxy groups -OCH3 is 1. The number of hydrogen-bond donors (Lipinski definition) is 1. The van der Waals surface area contributed by atoms with Crippen LogP contribution in [0.25, 0.3) is 0 Å². The van der Waals surface area contributed by atoms with Gasteiger partial charge in [0.1, 0.15) is 0 Å². The summed E-state index contributed by atoms with van der Waals surface area (Å²) in [6.07, 6.45) is 1.28. The molecule has 0 saturated carbocycles. The standard InChI is InChI=1S/C8H15NO.C6H5F3N2O/c10-7-8-3-1-5-9(8)6-2-4-8;1-12-5-2-4(3-10-11-5)6(7,8)9/h10H,1-7H2;2-3H,1H3. The summed E-state index contributed by atoms with van der Waals surface area (Å²) < 4.78 is 40.4. The lowest BCUT2D eigenvalue weighted by molar-refractivity contribution is -0.138. The number of aliphatic hydroxyl groups is 1. The first kappa shape index (κ1) is 17.0. The van der Waals surface area contributed by atoms with Crippen LogP contribution < -0.4 is 4.74 Å². The van der Waals surface area contributed by atoms with Crippen LogP contribution in [-0.4, -0.2) is 52.5 Å². The zero-order valence-corrected chi connectivity index (χ0v) is 12.4. The van der Waals surface area contributed by atoms with Crippen molar-refractivity contribution in [1.29, 1.82) is 0 Å². The lowest BCUT2D eigenvalue weighted by atomic mass is 9.96. The molecule has 1 N–H and O–H groups in total. The van der Waals surface area contributed by atoms with E-state index in [1.54, 1.807) is 0 Å². The fourth-order valence-electron chi connectivity index (χ4n) is 3.09. The molecule has 2 fully saturated rings. The van der Waals surface area contributed by atoms with Crippen LogP contribution in [0, 0.1) is 0 Å². The molecule has 0 radical (unpaired) electrons. The number of ether oxygens (including phenoxy) is 1. The van der Waals surface area contributed by atoms with Crippen LogP contribution >= 0.6 is 0 Å². The molecule has 3 heterocycles. The van der Waals surface area contributed by atoms with Crippen molar-refractivity contribution in [3.63, 3.8) is 0 Å². The minimum absolute atomic E-state index is 0.148. The molecular formula is C14H20F3N3O2. The molecule has 22 heavy (non-hydrogen) atoms. The smallest absolute Gasteiger partial charge is 0.418 e. The van der Waals surface area contributed by atoms with Crippen molar-refractivity contribution in [3.8, 4) is 5.88 Å². The number of aliphatic hydroxyl groups excluding tert-OH is 1. The molecule has 0 bridgehead atoms. The minimum atomic E-state index is -4.40. The molecule has 8 heteroatoms. The molecule has 124 valence electrons. The number of aromatic nitrogens is 2. The molecule has 3 rings (SSSR count). The quantitative estimate of drug-likeness (QED) is 0.905. The van der Waals surface area contributed by atoms with Gasteiger partial charge in [0.25, 0.3) is 0 Å². The Morgan fingerprint density at radius 1 is 1.32 bits per heavy atom. The summed E-state index contributed by atoms with van der Waals surface area (Å²) in [4.78, 5) is 2.47. The Bertz CT molecular complexity index is 486. The summed E-state index contributed by atoms with van der Waals surface area (Å²) in [5.41, 5.74) is -0.630. The summed E-state index contributed by atoms with van der Waals surface area (Å²) in [6.45, 7) is 2.83. The van der Waals surface area contributed by atoms with E-state index in [-0.39, 0.29) is 11.4 Å². The summed E-state index contributed by atoms with van der Waals surface area (Å²) in [6, 6.07) is 0.785. The summed E-state index contributed by atoms with van der Waals surface area (Å²) in [7, 11) is 1.23. The van der Waals surface area contributed by atoms with Crippen molar-refractivity contribution in [2.75, 3.05) is 26.8 Å². The van der Waals surface area contributed by atoms with Crippen molar-refractivity contribution in [3.05, 3.63) is 17.8 Å². The van der Waals surface area contributed by atoms with Gasteiger partial charge in [-0.1, -0.05) is 0 Å². The van der Waals surface area contributed by atoms with Gasteiger partial charge < -0.3 is 9.84 Å². The van der Waals surface area contributed by atoms with Gasteiger partial charge >= 0.3 is 6.18 Å². The Labute approximate surface area is 127 Å². The van der Waals surface area contributed by atoms with Gasteiger partial charge in [0.15, 0.2) is 0 Å². The molecule has 0 aromatic carbocycles. The third kappa shape index (κ3) is 3.67. The van der Waals surface area contributed by atoms with E-state index >= 15 is 0 Å². The maximum atomic E-state index is 12.0. The Balaban J connectivity index is 0.000000162. The highest BCUT2D eigenvalue weighted by Gasteiger charge is 2.43. The van der Waals surface area contributed by atoms with Crippen LogP contribution in [0.2, 0.25) is 0 Å². The lowest BCUT2D eigenvalue weighted by Gasteiger charge is -2.29.